The molecule has 1 N–H and O–H groups in total. The lowest BCUT2D eigenvalue weighted by Gasteiger charge is -2.26. The van der Waals surface area contributed by atoms with Crippen LogP contribution in [0.2, 0.25) is 15.1 Å². The van der Waals surface area contributed by atoms with Gasteiger partial charge in [-0.15, -0.1) is 0 Å². The lowest BCUT2D eigenvalue weighted by atomic mass is 10.1. The maximum absolute atomic E-state index is 13.0. The molecule has 1 aliphatic heterocycles. The Hall–Kier alpha value is -4.13. The summed E-state index contributed by atoms with van der Waals surface area (Å²) in [4.78, 5) is 48.8. The SMILES string of the molecule is O=C1NC(=O)N(c2ccc(Cl)c(Cl)c2)C(=O)/C1=C/c1ccc(Oc2ccc(C(F)(F)F)cc2[N+](=O)[O-])c(Cl)c1. The van der Waals surface area contributed by atoms with E-state index in [9.17, 15) is 37.7 Å². The van der Waals surface area contributed by atoms with Gasteiger partial charge in [-0.25, -0.2) is 9.69 Å². The Balaban J connectivity index is 1.64. The number of barbiturate groups is 1. The van der Waals surface area contributed by atoms with E-state index in [2.05, 4.69) is 0 Å². The molecule has 0 spiro atoms. The lowest BCUT2D eigenvalue weighted by Crippen LogP contribution is -2.54. The number of hydrogen-bond donors (Lipinski definition) is 1. The first-order valence-electron chi connectivity index (χ1n) is 10.5. The minimum atomic E-state index is -4.81. The molecule has 1 saturated heterocycles. The van der Waals surface area contributed by atoms with Crippen molar-refractivity contribution >= 4 is 70.1 Å². The Labute approximate surface area is 231 Å². The fraction of sp³-hybridized carbons (Fsp3) is 0.0417. The summed E-state index contributed by atoms with van der Waals surface area (Å²) < 4.78 is 44.2. The maximum atomic E-state index is 13.0. The fourth-order valence-electron chi connectivity index (χ4n) is 3.41. The number of carbonyl (C=O) groups is 3. The van der Waals surface area contributed by atoms with Crippen LogP contribution in [0.3, 0.4) is 0 Å². The third-order valence-electron chi connectivity index (χ3n) is 5.23. The molecule has 9 nitrogen and oxygen atoms in total. The topological polar surface area (TPSA) is 119 Å². The zero-order valence-corrected chi connectivity index (χ0v) is 21.2. The number of hydrogen-bond acceptors (Lipinski definition) is 6. The second-order valence-corrected chi connectivity index (χ2v) is 9.01. The molecule has 3 aromatic rings. The van der Waals surface area contributed by atoms with Crippen molar-refractivity contribution in [1.82, 2.24) is 5.32 Å². The van der Waals surface area contributed by atoms with Gasteiger partial charge in [-0.3, -0.25) is 25.0 Å². The van der Waals surface area contributed by atoms with E-state index in [0.717, 1.165) is 12.1 Å². The van der Waals surface area contributed by atoms with E-state index >= 15 is 0 Å². The number of urea groups is 1. The molecule has 0 atom stereocenters. The van der Waals surface area contributed by atoms with Crippen molar-refractivity contribution in [2.75, 3.05) is 4.90 Å². The summed E-state index contributed by atoms with van der Waals surface area (Å²) in [5.74, 6) is -2.62. The summed E-state index contributed by atoms with van der Waals surface area (Å²) in [6, 6.07) is 8.47. The quantitative estimate of drug-likeness (QED) is 0.145. The van der Waals surface area contributed by atoms with Crippen LogP contribution in [0.25, 0.3) is 6.08 Å². The predicted molar refractivity (Wildman–Crippen MR) is 135 cm³/mol. The van der Waals surface area contributed by atoms with Gasteiger partial charge in [-0.2, -0.15) is 13.2 Å². The Kier molecular flexibility index (Phi) is 7.55. The molecule has 0 radical (unpaired) electrons. The number of ether oxygens (including phenoxy) is 1. The van der Waals surface area contributed by atoms with Crippen LogP contribution in [0.1, 0.15) is 11.1 Å². The predicted octanol–water partition coefficient (Wildman–Crippen LogP) is 7.03. The van der Waals surface area contributed by atoms with Crippen LogP contribution in [0.5, 0.6) is 11.5 Å². The molecule has 0 bridgehead atoms. The molecule has 200 valence electrons. The second kappa shape index (κ2) is 10.6. The molecule has 15 heteroatoms. The van der Waals surface area contributed by atoms with Crippen molar-refractivity contribution in [1.29, 1.82) is 0 Å². The molecule has 4 rings (SSSR count). The van der Waals surface area contributed by atoms with Gasteiger partial charge in [0.25, 0.3) is 11.8 Å². The van der Waals surface area contributed by atoms with E-state index in [0.29, 0.717) is 17.0 Å². The number of carbonyl (C=O) groups excluding carboxylic acids is 3. The molecule has 0 saturated carbocycles. The van der Waals surface area contributed by atoms with Crippen LogP contribution >= 0.6 is 34.8 Å². The maximum Gasteiger partial charge on any atom is 0.416 e. The molecular formula is C24H11Cl3F3N3O6. The summed E-state index contributed by atoms with van der Waals surface area (Å²) in [5, 5.41) is 13.4. The zero-order valence-electron chi connectivity index (χ0n) is 18.9. The number of imide groups is 2. The number of anilines is 1. The third kappa shape index (κ3) is 5.82. The van der Waals surface area contributed by atoms with Gasteiger partial charge >= 0.3 is 17.9 Å². The Morgan fingerprint density at radius 1 is 0.897 bits per heavy atom. The average Bonchev–Trinajstić information content (AvgIpc) is 2.84. The first-order chi connectivity index (χ1) is 18.3. The van der Waals surface area contributed by atoms with E-state index in [1.165, 1.54) is 36.4 Å². The van der Waals surface area contributed by atoms with Crippen molar-refractivity contribution in [2.24, 2.45) is 0 Å². The number of benzene rings is 3. The number of rotatable bonds is 5. The van der Waals surface area contributed by atoms with Gasteiger partial charge in [0.15, 0.2) is 0 Å². The summed E-state index contributed by atoms with van der Waals surface area (Å²) in [7, 11) is 0. The fourth-order valence-corrected chi connectivity index (χ4v) is 3.93. The van der Waals surface area contributed by atoms with Gasteiger partial charge < -0.3 is 4.74 Å². The van der Waals surface area contributed by atoms with Gasteiger partial charge in [-0.05, 0) is 54.1 Å². The molecule has 1 heterocycles. The largest absolute Gasteiger partial charge is 0.449 e. The molecule has 1 fully saturated rings. The monoisotopic (exact) mass is 599 g/mol. The van der Waals surface area contributed by atoms with Gasteiger partial charge in [0, 0.05) is 6.07 Å². The molecule has 1 aliphatic rings. The smallest absolute Gasteiger partial charge is 0.416 e. The number of nitrogens with one attached hydrogen (secondary N) is 1. The number of amides is 4. The normalized spacial score (nSPS) is 15.0. The molecule has 3 aromatic carbocycles. The van der Waals surface area contributed by atoms with Gasteiger partial charge in [0.1, 0.15) is 11.3 Å². The van der Waals surface area contributed by atoms with E-state index in [1.54, 1.807) is 0 Å². The van der Waals surface area contributed by atoms with Crippen molar-refractivity contribution in [2.45, 2.75) is 6.18 Å². The summed E-state index contributed by atoms with van der Waals surface area (Å²) in [6.45, 7) is 0. The van der Waals surface area contributed by atoms with Gasteiger partial charge in [0.2, 0.25) is 5.75 Å². The minimum absolute atomic E-state index is 0.0465. The molecule has 39 heavy (non-hydrogen) atoms. The molecular weight excluding hydrogens is 590 g/mol. The number of halogens is 6. The summed E-state index contributed by atoms with van der Waals surface area (Å²) in [6.07, 6.45) is -3.68. The highest BCUT2D eigenvalue weighted by Crippen LogP contribution is 2.39. The highest BCUT2D eigenvalue weighted by Gasteiger charge is 2.37. The van der Waals surface area contributed by atoms with Crippen LogP contribution in [0.15, 0.2) is 60.2 Å². The van der Waals surface area contributed by atoms with Crippen molar-refractivity contribution in [3.05, 3.63) is 96.5 Å². The van der Waals surface area contributed by atoms with E-state index in [4.69, 9.17) is 39.5 Å². The Morgan fingerprint density at radius 2 is 1.59 bits per heavy atom. The molecule has 4 amide bonds. The van der Waals surface area contributed by atoms with E-state index in [1.807, 2.05) is 5.32 Å². The standard InChI is InChI=1S/C24H11Cl3F3N3O6/c25-15-4-3-13(10-16(15)26)32-22(35)14(21(34)31-23(32)36)7-11-1-5-19(17(27)8-11)39-20-6-2-12(24(28,29)30)9-18(20)33(37)38/h1-10H,(H,31,34,36)/b14-7+. The average molecular weight is 601 g/mol. The zero-order chi connectivity index (χ0) is 28.6. The molecule has 0 unspecified atom stereocenters. The highest BCUT2D eigenvalue weighted by molar-refractivity contribution is 6.43. The summed E-state index contributed by atoms with van der Waals surface area (Å²) >= 11 is 18.1. The van der Waals surface area contributed by atoms with Crippen LogP contribution in [0.4, 0.5) is 29.3 Å². The lowest BCUT2D eigenvalue weighted by molar-refractivity contribution is -0.385. The van der Waals surface area contributed by atoms with Gasteiger partial charge in [0.05, 0.1) is 31.2 Å². The van der Waals surface area contributed by atoms with Crippen LogP contribution < -0.4 is 15.0 Å². The number of nitro benzene ring substituents is 1. The van der Waals surface area contributed by atoms with Gasteiger partial charge in [-0.1, -0.05) is 40.9 Å². The highest BCUT2D eigenvalue weighted by atomic mass is 35.5. The van der Waals surface area contributed by atoms with Crippen molar-refractivity contribution in [3.63, 3.8) is 0 Å². The van der Waals surface area contributed by atoms with Crippen LogP contribution in [0, 0.1) is 10.1 Å². The number of nitro groups is 1. The first kappa shape index (κ1) is 27.9. The number of alkyl halides is 3. The van der Waals surface area contributed by atoms with Crippen LogP contribution in [-0.2, 0) is 15.8 Å². The molecule has 0 aromatic heterocycles. The molecule has 0 aliphatic carbocycles. The second-order valence-electron chi connectivity index (χ2n) is 7.79. The number of nitrogens with zero attached hydrogens (tertiary/aromatic N) is 2. The van der Waals surface area contributed by atoms with Crippen molar-refractivity contribution in [3.8, 4) is 11.5 Å². The van der Waals surface area contributed by atoms with Crippen molar-refractivity contribution < 1.29 is 37.2 Å². The van der Waals surface area contributed by atoms with Crippen LogP contribution in [-0.4, -0.2) is 22.8 Å². The minimum Gasteiger partial charge on any atom is -0.449 e. The first-order valence-corrected chi connectivity index (χ1v) is 11.6. The Morgan fingerprint density at radius 3 is 2.21 bits per heavy atom. The van der Waals surface area contributed by atoms with E-state index in [-0.39, 0.29) is 32.1 Å². The Bertz CT molecular complexity index is 1590. The summed E-state index contributed by atoms with van der Waals surface area (Å²) in [5.41, 5.74) is -2.38. The third-order valence-corrected chi connectivity index (χ3v) is 6.27. The van der Waals surface area contributed by atoms with E-state index < -0.39 is 51.5 Å².